The Bertz CT molecular complexity index is 448. The van der Waals surface area contributed by atoms with Gasteiger partial charge in [-0.2, -0.15) is 9.57 Å². The predicted molar refractivity (Wildman–Crippen MR) is 62.4 cm³/mol. The largest absolute Gasteiger partial charge is 0.326 e. The molecule has 7 heteroatoms. The maximum atomic E-state index is 11.9. The molecule has 0 radical (unpaired) electrons. The number of hydrogen-bond donors (Lipinski definition) is 0. The van der Waals surface area contributed by atoms with Gasteiger partial charge in [0.05, 0.1) is 18.9 Å². The second-order valence-electron chi connectivity index (χ2n) is 4.47. The SMILES string of the molecule is CN(C(=O)CN(C)S(C)(=O)=O)C1(C#N)CCC1. The Labute approximate surface area is 102 Å². The van der Waals surface area contributed by atoms with Gasteiger partial charge in [-0.1, -0.05) is 0 Å². The highest BCUT2D eigenvalue weighted by molar-refractivity contribution is 7.88. The number of carbonyl (C=O) groups excluding carboxylic acids is 1. The quantitative estimate of drug-likeness (QED) is 0.699. The first-order valence-electron chi connectivity index (χ1n) is 5.32. The van der Waals surface area contributed by atoms with Gasteiger partial charge in [0, 0.05) is 14.1 Å². The number of hydrogen-bond acceptors (Lipinski definition) is 4. The zero-order valence-electron chi connectivity index (χ0n) is 10.3. The van der Waals surface area contributed by atoms with Gasteiger partial charge in [-0.05, 0) is 19.3 Å². The van der Waals surface area contributed by atoms with Gasteiger partial charge in [0.2, 0.25) is 15.9 Å². The summed E-state index contributed by atoms with van der Waals surface area (Å²) in [6.07, 6.45) is 3.29. The van der Waals surface area contributed by atoms with Gasteiger partial charge in [0.25, 0.3) is 0 Å². The summed E-state index contributed by atoms with van der Waals surface area (Å²) in [5.41, 5.74) is -0.727. The van der Waals surface area contributed by atoms with Crippen molar-refractivity contribution in [3.8, 4) is 6.07 Å². The summed E-state index contributed by atoms with van der Waals surface area (Å²) < 4.78 is 23.3. The Morgan fingerprint density at radius 2 is 1.94 bits per heavy atom. The first-order chi connectivity index (χ1) is 7.73. The van der Waals surface area contributed by atoms with Gasteiger partial charge in [-0.15, -0.1) is 0 Å². The average molecular weight is 259 g/mol. The van der Waals surface area contributed by atoms with E-state index >= 15 is 0 Å². The molecule has 0 atom stereocenters. The number of amides is 1. The summed E-state index contributed by atoms with van der Waals surface area (Å²) in [6, 6.07) is 2.14. The molecule has 1 rings (SSSR count). The van der Waals surface area contributed by atoms with Crippen LogP contribution in [0.15, 0.2) is 0 Å². The van der Waals surface area contributed by atoms with Crippen molar-refractivity contribution in [2.75, 3.05) is 26.9 Å². The summed E-state index contributed by atoms with van der Waals surface area (Å²) in [5, 5.41) is 9.07. The molecule has 96 valence electrons. The van der Waals surface area contributed by atoms with Crippen molar-refractivity contribution in [1.29, 1.82) is 5.26 Å². The fourth-order valence-electron chi connectivity index (χ4n) is 1.69. The minimum Gasteiger partial charge on any atom is -0.326 e. The van der Waals surface area contributed by atoms with E-state index in [2.05, 4.69) is 6.07 Å². The van der Waals surface area contributed by atoms with Crippen LogP contribution < -0.4 is 0 Å². The number of rotatable bonds is 4. The highest BCUT2D eigenvalue weighted by Crippen LogP contribution is 2.36. The molecule has 0 unspecified atom stereocenters. The van der Waals surface area contributed by atoms with E-state index in [0.29, 0.717) is 12.8 Å². The predicted octanol–water partition coefficient (Wildman–Crippen LogP) is -0.218. The maximum Gasteiger partial charge on any atom is 0.238 e. The van der Waals surface area contributed by atoms with Crippen LogP contribution in [0.2, 0.25) is 0 Å². The molecule has 0 bridgehead atoms. The molecule has 1 fully saturated rings. The summed E-state index contributed by atoms with van der Waals surface area (Å²) in [7, 11) is -0.465. The first-order valence-corrected chi connectivity index (χ1v) is 7.17. The molecule has 0 spiro atoms. The van der Waals surface area contributed by atoms with Crippen LogP contribution in [0.1, 0.15) is 19.3 Å². The van der Waals surface area contributed by atoms with Crippen LogP contribution in [-0.4, -0.2) is 56.0 Å². The lowest BCUT2D eigenvalue weighted by atomic mass is 9.77. The third-order valence-electron chi connectivity index (χ3n) is 3.33. The van der Waals surface area contributed by atoms with Crippen LogP contribution in [0.3, 0.4) is 0 Å². The van der Waals surface area contributed by atoms with Gasteiger partial charge >= 0.3 is 0 Å². The van der Waals surface area contributed by atoms with E-state index in [-0.39, 0.29) is 12.5 Å². The van der Waals surface area contributed by atoms with Gasteiger partial charge in [-0.25, -0.2) is 8.42 Å². The third-order valence-corrected chi connectivity index (χ3v) is 4.59. The Morgan fingerprint density at radius 3 is 2.24 bits per heavy atom. The summed E-state index contributed by atoms with van der Waals surface area (Å²) in [5.74, 6) is -0.348. The summed E-state index contributed by atoms with van der Waals surface area (Å²) in [6.45, 7) is -0.223. The summed E-state index contributed by atoms with van der Waals surface area (Å²) in [4.78, 5) is 13.2. The molecule has 0 aliphatic heterocycles. The standard InChI is InChI=1S/C10H17N3O3S/c1-12(17(3,15)16)7-9(14)13(2)10(8-11)5-4-6-10/h4-7H2,1-3H3. The van der Waals surface area contributed by atoms with Crippen molar-refractivity contribution in [1.82, 2.24) is 9.21 Å². The Hall–Kier alpha value is -1.13. The van der Waals surface area contributed by atoms with Gasteiger partial charge < -0.3 is 4.90 Å². The summed E-state index contributed by atoms with van der Waals surface area (Å²) >= 11 is 0. The normalized spacial score (nSPS) is 18.3. The van der Waals surface area contributed by atoms with E-state index in [9.17, 15) is 13.2 Å². The Kier molecular flexibility index (Phi) is 3.79. The minimum atomic E-state index is -3.37. The molecule has 0 heterocycles. The van der Waals surface area contributed by atoms with E-state index in [0.717, 1.165) is 17.0 Å². The lowest BCUT2D eigenvalue weighted by Crippen LogP contribution is -2.55. The van der Waals surface area contributed by atoms with Crippen LogP contribution in [0.5, 0.6) is 0 Å². The number of nitrogens with zero attached hydrogens (tertiary/aromatic N) is 3. The molecule has 1 amide bonds. The molecule has 1 aliphatic rings. The van der Waals surface area contributed by atoms with E-state index < -0.39 is 15.6 Å². The van der Waals surface area contributed by atoms with Crippen molar-refractivity contribution < 1.29 is 13.2 Å². The fourth-order valence-corrected chi connectivity index (χ4v) is 2.03. The van der Waals surface area contributed by atoms with E-state index in [1.54, 1.807) is 7.05 Å². The Morgan fingerprint density at radius 1 is 1.41 bits per heavy atom. The molecule has 1 aliphatic carbocycles. The number of carbonyl (C=O) groups is 1. The average Bonchev–Trinajstić information content (AvgIpc) is 2.15. The number of nitriles is 1. The van der Waals surface area contributed by atoms with Crippen molar-refractivity contribution in [2.45, 2.75) is 24.8 Å². The molecular weight excluding hydrogens is 242 g/mol. The van der Waals surface area contributed by atoms with Crippen LogP contribution in [0.4, 0.5) is 0 Å². The molecule has 0 N–H and O–H groups in total. The Balaban J connectivity index is 2.69. The van der Waals surface area contributed by atoms with Crippen LogP contribution in [0, 0.1) is 11.3 Å². The smallest absolute Gasteiger partial charge is 0.238 e. The highest BCUT2D eigenvalue weighted by atomic mass is 32.2. The van der Waals surface area contributed by atoms with E-state index in [4.69, 9.17) is 5.26 Å². The molecular formula is C10H17N3O3S. The molecule has 17 heavy (non-hydrogen) atoms. The third kappa shape index (κ3) is 2.76. The van der Waals surface area contributed by atoms with E-state index in [1.165, 1.54) is 11.9 Å². The molecule has 0 aromatic carbocycles. The van der Waals surface area contributed by atoms with Crippen molar-refractivity contribution >= 4 is 15.9 Å². The van der Waals surface area contributed by atoms with Crippen LogP contribution in [0.25, 0.3) is 0 Å². The molecule has 1 saturated carbocycles. The lowest BCUT2D eigenvalue weighted by Gasteiger charge is -2.43. The zero-order valence-corrected chi connectivity index (χ0v) is 11.1. The monoisotopic (exact) mass is 259 g/mol. The minimum absolute atomic E-state index is 0.223. The van der Waals surface area contributed by atoms with Crippen molar-refractivity contribution in [2.24, 2.45) is 0 Å². The second-order valence-corrected chi connectivity index (χ2v) is 6.56. The topological polar surface area (TPSA) is 81.5 Å². The second kappa shape index (κ2) is 4.63. The maximum absolute atomic E-state index is 11.9. The van der Waals surface area contributed by atoms with Gasteiger partial charge in [0.1, 0.15) is 5.54 Å². The van der Waals surface area contributed by atoms with Crippen LogP contribution in [-0.2, 0) is 14.8 Å². The number of likely N-dealkylation sites (N-methyl/N-ethyl adjacent to an activating group) is 2. The van der Waals surface area contributed by atoms with Gasteiger partial charge in [0.15, 0.2) is 0 Å². The lowest BCUT2D eigenvalue weighted by molar-refractivity contribution is -0.136. The van der Waals surface area contributed by atoms with Crippen LogP contribution >= 0.6 is 0 Å². The zero-order chi connectivity index (χ0) is 13.3. The first kappa shape index (κ1) is 13.9. The molecule has 0 aromatic heterocycles. The molecule has 6 nitrogen and oxygen atoms in total. The molecule has 0 saturated heterocycles. The van der Waals surface area contributed by atoms with Crippen molar-refractivity contribution in [3.63, 3.8) is 0 Å². The number of sulfonamides is 1. The highest BCUT2D eigenvalue weighted by Gasteiger charge is 2.43. The van der Waals surface area contributed by atoms with Gasteiger partial charge in [-0.3, -0.25) is 4.79 Å². The van der Waals surface area contributed by atoms with E-state index in [1.807, 2.05) is 0 Å². The fraction of sp³-hybridized carbons (Fsp3) is 0.800. The van der Waals surface area contributed by atoms with Crippen molar-refractivity contribution in [3.05, 3.63) is 0 Å². The molecule has 0 aromatic rings.